The van der Waals surface area contributed by atoms with Crippen molar-refractivity contribution >= 4 is 0 Å². The van der Waals surface area contributed by atoms with Crippen LogP contribution in [-0.2, 0) is 11.3 Å². The molecule has 1 N–H and O–H groups in total. The monoisotopic (exact) mass is 266 g/mol. The van der Waals surface area contributed by atoms with Gasteiger partial charge in [-0.05, 0) is 25.6 Å². The van der Waals surface area contributed by atoms with Gasteiger partial charge in [0, 0.05) is 25.2 Å². The Kier molecular flexibility index (Phi) is 4.18. The normalized spacial score (nSPS) is 30.6. The predicted molar refractivity (Wildman–Crippen MR) is 70.8 cm³/mol. The van der Waals surface area contributed by atoms with Crippen LogP contribution in [0.5, 0.6) is 0 Å². The minimum Gasteiger partial charge on any atom is -0.472 e. The van der Waals surface area contributed by atoms with E-state index in [0.717, 1.165) is 39.1 Å². The Morgan fingerprint density at radius 3 is 2.89 bits per heavy atom. The van der Waals surface area contributed by atoms with Gasteiger partial charge in [0.05, 0.1) is 37.9 Å². The van der Waals surface area contributed by atoms with Gasteiger partial charge in [0.1, 0.15) is 0 Å². The van der Waals surface area contributed by atoms with Crippen molar-refractivity contribution in [3.05, 3.63) is 24.2 Å². The van der Waals surface area contributed by atoms with Gasteiger partial charge < -0.3 is 14.3 Å². The number of aliphatic hydroxyl groups excluding tert-OH is 1. The lowest BCUT2D eigenvalue weighted by Gasteiger charge is -2.28. The highest BCUT2D eigenvalue weighted by Gasteiger charge is 2.32. The summed E-state index contributed by atoms with van der Waals surface area (Å²) in [7, 11) is 0. The second-order valence-corrected chi connectivity index (χ2v) is 5.47. The van der Waals surface area contributed by atoms with E-state index in [1.165, 1.54) is 5.56 Å². The molecule has 106 valence electrons. The van der Waals surface area contributed by atoms with Crippen molar-refractivity contribution in [1.82, 2.24) is 9.80 Å². The minimum absolute atomic E-state index is 0.189. The Labute approximate surface area is 113 Å². The maximum absolute atomic E-state index is 9.91. The van der Waals surface area contributed by atoms with Crippen molar-refractivity contribution in [3.8, 4) is 0 Å². The second kappa shape index (κ2) is 6.05. The molecule has 0 radical (unpaired) electrons. The number of ether oxygens (including phenoxy) is 1. The maximum Gasteiger partial charge on any atom is 0.0950 e. The second-order valence-electron chi connectivity index (χ2n) is 5.47. The zero-order valence-electron chi connectivity index (χ0n) is 11.2. The van der Waals surface area contributed by atoms with Gasteiger partial charge in [0.25, 0.3) is 0 Å². The van der Waals surface area contributed by atoms with Crippen molar-refractivity contribution in [1.29, 1.82) is 0 Å². The highest BCUT2D eigenvalue weighted by Crippen LogP contribution is 2.16. The molecule has 3 rings (SSSR count). The van der Waals surface area contributed by atoms with E-state index >= 15 is 0 Å². The molecule has 0 unspecified atom stereocenters. The number of aliphatic hydroxyl groups is 1. The Morgan fingerprint density at radius 2 is 2.16 bits per heavy atom. The smallest absolute Gasteiger partial charge is 0.0950 e. The Hall–Kier alpha value is -0.880. The zero-order valence-corrected chi connectivity index (χ0v) is 11.2. The van der Waals surface area contributed by atoms with E-state index < -0.39 is 0 Å². The molecule has 0 amide bonds. The molecule has 2 saturated heterocycles. The standard InChI is InChI=1S/C14H22N2O3/c17-14-11-19-10-13(14)16-4-1-3-15(5-6-16)8-12-2-7-18-9-12/h2,7,9,13-14,17H,1,3-6,8,10-11H2/t13-,14-/m0/s1. The number of furan rings is 1. The Balaban J connectivity index is 1.53. The zero-order chi connectivity index (χ0) is 13.1. The molecule has 5 nitrogen and oxygen atoms in total. The first-order valence-electron chi connectivity index (χ1n) is 7.06. The molecule has 2 fully saturated rings. The summed E-state index contributed by atoms with van der Waals surface area (Å²) in [5, 5.41) is 9.91. The van der Waals surface area contributed by atoms with Gasteiger partial charge in [-0.2, -0.15) is 0 Å². The van der Waals surface area contributed by atoms with E-state index in [1.54, 1.807) is 6.26 Å². The fraction of sp³-hybridized carbons (Fsp3) is 0.714. The van der Waals surface area contributed by atoms with Crippen LogP contribution < -0.4 is 0 Å². The van der Waals surface area contributed by atoms with Crippen LogP contribution in [0, 0.1) is 0 Å². The average Bonchev–Trinajstić information content (AvgIpc) is 2.99. The first-order valence-corrected chi connectivity index (χ1v) is 7.06. The van der Waals surface area contributed by atoms with Crippen LogP contribution >= 0.6 is 0 Å². The van der Waals surface area contributed by atoms with E-state index in [9.17, 15) is 5.11 Å². The summed E-state index contributed by atoms with van der Waals surface area (Å²) in [5.74, 6) is 0. The SMILES string of the molecule is O[C@H]1COC[C@@H]1N1CCCN(Cc2ccoc2)CC1. The summed E-state index contributed by atoms with van der Waals surface area (Å²) in [4.78, 5) is 4.83. The van der Waals surface area contributed by atoms with E-state index in [1.807, 2.05) is 12.3 Å². The van der Waals surface area contributed by atoms with Crippen molar-refractivity contribution in [2.24, 2.45) is 0 Å². The number of hydrogen-bond acceptors (Lipinski definition) is 5. The molecule has 2 aliphatic rings. The van der Waals surface area contributed by atoms with Crippen molar-refractivity contribution in [2.45, 2.75) is 25.1 Å². The summed E-state index contributed by atoms with van der Waals surface area (Å²) < 4.78 is 10.5. The molecule has 1 aromatic rings. The summed E-state index contributed by atoms with van der Waals surface area (Å²) in [5.41, 5.74) is 1.23. The lowest BCUT2D eigenvalue weighted by molar-refractivity contribution is 0.0837. The number of rotatable bonds is 3. The molecule has 5 heteroatoms. The molecular formula is C14H22N2O3. The molecule has 0 saturated carbocycles. The first-order chi connectivity index (χ1) is 9.33. The number of nitrogens with zero attached hydrogens (tertiary/aromatic N) is 2. The van der Waals surface area contributed by atoms with Gasteiger partial charge in [-0.3, -0.25) is 9.80 Å². The highest BCUT2D eigenvalue weighted by atomic mass is 16.5. The summed E-state index contributed by atoms with van der Waals surface area (Å²) in [6.07, 6.45) is 4.37. The fourth-order valence-corrected chi connectivity index (χ4v) is 3.00. The molecule has 0 aliphatic carbocycles. The third kappa shape index (κ3) is 3.17. The van der Waals surface area contributed by atoms with Gasteiger partial charge in [-0.1, -0.05) is 0 Å². The van der Waals surface area contributed by atoms with Crippen molar-refractivity contribution < 1.29 is 14.3 Å². The largest absolute Gasteiger partial charge is 0.472 e. The molecule has 0 bridgehead atoms. The van der Waals surface area contributed by atoms with Crippen LogP contribution in [0.25, 0.3) is 0 Å². The summed E-state index contributed by atoms with van der Waals surface area (Å²) in [6, 6.07) is 2.21. The topological polar surface area (TPSA) is 49.1 Å². The van der Waals surface area contributed by atoms with Crippen LogP contribution in [0.1, 0.15) is 12.0 Å². The van der Waals surface area contributed by atoms with Gasteiger partial charge in [0.15, 0.2) is 0 Å². The van der Waals surface area contributed by atoms with Crippen LogP contribution in [-0.4, -0.2) is 66.4 Å². The highest BCUT2D eigenvalue weighted by molar-refractivity contribution is 5.05. The van der Waals surface area contributed by atoms with Crippen LogP contribution in [0.4, 0.5) is 0 Å². The van der Waals surface area contributed by atoms with Crippen LogP contribution in [0.15, 0.2) is 23.0 Å². The fourth-order valence-electron chi connectivity index (χ4n) is 3.00. The van der Waals surface area contributed by atoms with Gasteiger partial charge in [-0.25, -0.2) is 0 Å². The van der Waals surface area contributed by atoms with Crippen LogP contribution in [0.3, 0.4) is 0 Å². The van der Waals surface area contributed by atoms with Gasteiger partial charge in [-0.15, -0.1) is 0 Å². The average molecular weight is 266 g/mol. The predicted octanol–water partition coefficient (Wildman–Crippen LogP) is 0.547. The third-order valence-corrected chi connectivity index (χ3v) is 4.10. The molecule has 0 aromatic carbocycles. The molecule has 19 heavy (non-hydrogen) atoms. The van der Waals surface area contributed by atoms with Crippen molar-refractivity contribution in [3.63, 3.8) is 0 Å². The lowest BCUT2D eigenvalue weighted by Crippen LogP contribution is -2.44. The third-order valence-electron chi connectivity index (χ3n) is 4.10. The van der Waals surface area contributed by atoms with E-state index in [4.69, 9.17) is 9.15 Å². The molecule has 2 atom stereocenters. The first kappa shape index (κ1) is 13.1. The molecule has 1 aromatic heterocycles. The van der Waals surface area contributed by atoms with Crippen molar-refractivity contribution in [2.75, 3.05) is 39.4 Å². The Bertz CT molecular complexity index is 382. The molecular weight excluding hydrogens is 244 g/mol. The number of hydrogen-bond donors (Lipinski definition) is 1. The van der Waals surface area contributed by atoms with Gasteiger partial charge >= 0.3 is 0 Å². The van der Waals surface area contributed by atoms with E-state index in [-0.39, 0.29) is 12.1 Å². The molecule has 0 spiro atoms. The Morgan fingerprint density at radius 1 is 1.21 bits per heavy atom. The van der Waals surface area contributed by atoms with Gasteiger partial charge in [0.2, 0.25) is 0 Å². The summed E-state index contributed by atoms with van der Waals surface area (Å²) in [6.45, 7) is 6.30. The lowest BCUT2D eigenvalue weighted by atomic mass is 10.2. The maximum atomic E-state index is 9.91. The van der Waals surface area contributed by atoms with E-state index in [0.29, 0.717) is 13.2 Å². The van der Waals surface area contributed by atoms with Crippen LogP contribution in [0.2, 0.25) is 0 Å². The molecule has 3 heterocycles. The quantitative estimate of drug-likeness (QED) is 0.865. The minimum atomic E-state index is -0.319. The molecule has 2 aliphatic heterocycles. The summed E-state index contributed by atoms with van der Waals surface area (Å²) >= 11 is 0. The van der Waals surface area contributed by atoms with E-state index in [2.05, 4.69) is 9.80 Å².